The number of nitrogens with zero attached hydrogens (tertiary/aromatic N) is 1. The molecule has 2 nitrogen and oxygen atoms in total. The van der Waals surface area contributed by atoms with Crippen molar-refractivity contribution in [2.75, 3.05) is 12.4 Å². The number of benzene rings is 1. The lowest BCUT2D eigenvalue weighted by atomic mass is 10.2. The first-order chi connectivity index (χ1) is 8.13. The van der Waals surface area contributed by atoms with E-state index in [0.717, 1.165) is 23.9 Å². The van der Waals surface area contributed by atoms with Crippen molar-refractivity contribution in [1.82, 2.24) is 4.90 Å². The molecule has 0 spiro atoms. The lowest BCUT2D eigenvalue weighted by Gasteiger charge is -2.23. The minimum atomic E-state index is 0.0247. The van der Waals surface area contributed by atoms with Crippen molar-refractivity contribution in [3.8, 4) is 0 Å². The fourth-order valence-electron chi connectivity index (χ4n) is 2.08. The molecule has 0 radical (unpaired) electrons. The molecule has 1 saturated heterocycles. The Hall–Kier alpha value is -0.250. The van der Waals surface area contributed by atoms with Crippen LogP contribution in [0.5, 0.6) is 0 Å². The van der Waals surface area contributed by atoms with Gasteiger partial charge in [0.2, 0.25) is 0 Å². The van der Waals surface area contributed by atoms with Crippen LogP contribution < -0.4 is 0 Å². The largest absolute Gasteiger partial charge is 0.334 e. The van der Waals surface area contributed by atoms with Gasteiger partial charge in [0, 0.05) is 28.0 Å². The molecule has 0 N–H and O–H groups in total. The van der Waals surface area contributed by atoms with Crippen LogP contribution in [0.4, 0.5) is 0 Å². The molecule has 1 aliphatic rings. The van der Waals surface area contributed by atoms with E-state index in [-0.39, 0.29) is 11.9 Å². The molecule has 1 aromatic rings. The highest BCUT2D eigenvalue weighted by Gasteiger charge is 2.29. The summed E-state index contributed by atoms with van der Waals surface area (Å²) in [6.07, 6.45) is 2.01. The first-order valence-electron chi connectivity index (χ1n) is 5.45. The zero-order valence-electron chi connectivity index (χ0n) is 9.13. The van der Waals surface area contributed by atoms with Gasteiger partial charge in [0.15, 0.2) is 0 Å². The van der Waals surface area contributed by atoms with Crippen LogP contribution in [0.25, 0.3) is 0 Å². The predicted molar refractivity (Wildman–Crippen MR) is 73.9 cm³/mol. The van der Waals surface area contributed by atoms with Gasteiger partial charge in [-0.3, -0.25) is 4.79 Å². The van der Waals surface area contributed by atoms with Gasteiger partial charge >= 0.3 is 0 Å². The number of carbonyl (C=O) groups excluding carboxylic acids is 1. The Morgan fingerprint density at radius 3 is 2.94 bits per heavy atom. The average Bonchev–Trinajstić information content (AvgIpc) is 2.76. The Kier molecular flexibility index (Phi) is 4.34. The number of alkyl halides is 1. The Labute approximate surface area is 119 Å². The summed E-state index contributed by atoms with van der Waals surface area (Å²) in [5, 5.41) is 0.615. The monoisotopic (exact) mass is 335 g/mol. The van der Waals surface area contributed by atoms with E-state index in [2.05, 4.69) is 15.9 Å². The second kappa shape index (κ2) is 5.59. The topological polar surface area (TPSA) is 20.3 Å². The fraction of sp³-hybridized carbons (Fsp3) is 0.417. The number of hydrogen-bond donors (Lipinski definition) is 0. The van der Waals surface area contributed by atoms with E-state index in [0.29, 0.717) is 16.5 Å². The molecule has 1 fully saturated rings. The van der Waals surface area contributed by atoms with Gasteiger partial charge in [0.05, 0.1) is 5.56 Å². The van der Waals surface area contributed by atoms with Gasteiger partial charge in [0.25, 0.3) is 5.91 Å². The smallest absolute Gasteiger partial charge is 0.255 e. The van der Waals surface area contributed by atoms with Gasteiger partial charge in [-0.2, -0.15) is 0 Å². The molecule has 5 heteroatoms. The maximum absolute atomic E-state index is 12.3. The summed E-state index contributed by atoms with van der Waals surface area (Å²) in [6.45, 7) is 0.783. The highest BCUT2D eigenvalue weighted by Crippen LogP contribution is 2.26. The van der Waals surface area contributed by atoms with Crippen molar-refractivity contribution < 1.29 is 4.79 Å². The summed E-state index contributed by atoms with van der Waals surface area (Å²) < 4.78 is 0.732. The molecule has 2 rings (SSSR count). The van der Waals surface area contributed by atoms with Crippen LogP contribution >= 0.6 is 39.1 Å². The highest BCUT2D eigenvalue weighted by molar-refractivity contribution is 9.10. The molecule has 0 aliphatic carbocycles. The van der Waals surface area contributed by atoms with E-state index in [1.54, 1.807) is 18.2 Å². The zero-order chi connectivity index (χ0) is 12.4. The molecule has 1 atom stereocenters. The number of rotatable bonds is 2. The second-order valence-electron chi connectivity index (χ2n) is 4.07. The molecule has 17 heavy (non-hydrogen) atoms. The standard InChI is InChI=1S/C12H12BrCl2NO/c13-11-6-8(15)3-4-10(11)12(17)16-5-1-2-9(16)7-14/h3-4,6,9H,1-2,5,7H2. The predicted octanol–water partition coefficient (Wildman–Crippen LogP) is 3.95. The molecule has 0 aromatic heterocycles. The minimum Gasteiger partial charge on any atom is -0.334 e. The van der Waals surface area contributed by atoms with Gasteiger partial charge < -0.3 is 4.90 Å². The van der Waals surface area contributed by atoms with Crippen LogP contribution in [-0.2, 0) is 0 Å². The maximum Gasteiger partial charge on any atom is 0.255 e. The highest BCUT2D eigenvalue weighted by atomic mass is 79.9. The van der Waals surface area contributed by atoms with Gasteiger partial charge in [-0.15, -0.1) is 11.6 Å². The average molecular weight is 337 g/mol. The Balaban J connectivity index is 2.24. The number of amides is 1. The summed E-state index contributed by atoms with van der Waals surface area (Å²) >= 11 is 15.1. The summed E-state index contributed by atoms with van der Waals surface area (Å²) in [5.74, 6) is 0.522. The van der Waals surface area contributed by atoms with Gasteiger partial charge in [-0.05, 0) is 47.0 Å². The van der Waals surface area contributed by atoms with E-state index in [9.17, 15) is 4.79 Å². The molecular weight excluding hydrogens is 325 g/mol. The lowest BCUT2D eigenvalue weighted by Crippen LogP contribution is -2.36. The number of halogens is 3. The Morgan fingerprint density at radius 2 is 2.29 bits per heavy atom. The maximum atomic E-state index is 12.3. The first kappa shape index (κ1) is 13.2. The summed E-state index contributed by atoms with van der Waals surface area (Å²) in [7, 11) is 0. The summed E-state index contributed by atoms with van der Waals surface area (Å²) in [5.41, 5.74) is 0.645. The molecule has 0 bridgehead atoms. The van der Waals surface area contributed by atoms with Crippen molar-refractivity contribution in [1.29, 1.82) is 0 Å². The summed E-state index contributed by atoms with van der Waals surface area (Å²) in [4.78, 5) is 14.2. The van der Waals surface area contributed by atoms with Crippen LogP contribution in [0.15, 0.2) is 22.7 Å². The van der Waals surface area contributed by atoms with Crippen LogP contribution in [0, 0.1) is 0 Å². The number of likely N-dealkylation sites (tertiary alicyclic amines) is 1. The molecule has 1 amide bonds. The van der Waals surface area contributed by atoms with Crippen LogP contribution in [-0.4, -0.2) is 29.3 Å². The quantitative estimate of drug-likeness (QED) is 0.749. The van der Waals surface area contributed by atoms with E-state index in [4.69, 9.17) is 23.2 Å². The Morgan fingerprint density at radius 1 is 1.53 bits per heavy atom. The third-order valence-electron chi connectivity index (χ3n) is 2.98. The minimum absolute atomic E-state index is 0.0247. The van der Waals surface area contributed by atoms with Crippen molar-refractivity contribution in [2.45, 2.75) is 18.9 Å². The second-order valence-corrected chi connectivity index (χ2v) is 5.67. The van der Waals surface area contributed by atoms with Crippen molar-refractivity contribution >= 4 is 45.0 Å². The third-order valence-corrected chi connectivity index (χ3v) is 4.23. The Bertz CT molecular complexity index is 439. The number of hydrogen-bond acceptors (Lipinski definition) is 1. The van der Waals surface area contributed by atoms with Gasteiger partial charge in [-0.25, -0.2) is 0 Å². The van der Waals surface area contributed by atoms with Crippen LogP contribution in [0.2, 0.25) is 5.02 Å². The van der Waals surface area contributed by atoms with Crippen LogP contribution in [0.1, 0.15) is 23.2 Å². The van der Waals surface area contributed by atoms with Gasteiger partial charge in [-0.1, -0.05) is 11.6 Å². The van der Waals surface area contributed by atoms with Crippen molar-refractivity contribution in [2.24, 2.45) is 0 Å². The fourth-order valence-corrected chi connectivity index (χ4v) is 3.25. The van der Waals surface area contributed by atoms with Gasteiger partial charge in [0.1, 0.15) is 0 Å². The molecule has 1 unspecified atom stereocenters. The molecular formula is C12H12BrCl2NO. The number of carbonyl (C=O) groups is 1. The normalized spacial score (nSPS) is 19.7. The van der Waals surface area contributed by atoms with E-state index in [1.165, 1.54) is 0 Å². The van der Waals surface area contributed by atoms with Crippen molar-refractivity contribution in [3.05, 3.63) is 33.3 Å². The molecule has 1 heterocycles. The first-order valence-corrected chi connectivity index (χ1v) is 7.16. The zero-order valence-corrected chi connectivity index (χ0v) is 12.2. The SMILES string of the molecule is O=C(c1ccc(Cl)cc1Br)N1CCCC1CCl. The molecule has 0 saturated carbocycles. The molecule has 1 aromatic carbocycles. The molecule has 92 valence electrons. The van der Waals surface area contributed by atoms with E-state index in [1.807, 2.05) is 4.90 Å². The molecule has 1 aliphatic heterocycles. The lowest BCUT2D eigenvalue weighted by molar-refractivity contribution is 0.0748. The van der Waals surface area contributed by atoms with Crippen molar-refractivity contribution in [3.63, 3.8) is 0 Å². The summed E-state index contributed by atoms with van der Waals surface area (Å²) in [6, 6.07) is 5.37. The van der Waals surface area contributed by atoms with E-state index >= 15 is 0 Å². The third kappa shape index (κ3) is 2.78. The van der Waals surface area contributed by atoms with E-state index < -0.39 is 0 Å². The van der Waals surface area contributed by atoms with Crippen LogP contribution in [0.3, 0.4) is 0 Å².